The molecule has 12 atom stereocenters. The third-order valence-electron chi connectivity index (χ3n) is 32.1. The van der Waals surface area contributed by atoms with Crippen LogP contribution in [0.25, 0.3) is 98.1 Å². The zero-order valence-corrected chi connectivity index (χ0v) is 49.6. The predicted octanol–water partition coefficient (Wildman–Crippen LogP) is 20.8. The Morgan fingerprint density at radius 1 is 0.111 bits per heavy atom. The van der Waals surface area contributed by atoms with Crippen LogP contribution < -0.4 is 0 Å². The lowest BCUT2D eigenvalue weighted by molar-refractivity contribution is -0.205. The molecule has 0 heterocycles. The molecular weight excluding hydrogens is 1550 g/mol. The summed E-state index contributed by atoms with van der Waals surface area (Å²) in [6, 6.07) is 0. The lowest BCUT2D eigenvalue weighted by atomic mass is 9.42. The second kappa shape index (κ2) is 11.9. The second-order valence-electron chi connectivity index (χ2n) is 33.0. The summed E-state index contributed by atoms with van der Waals surface area (Å²) < 4.78 is 700. The van der Waals surface area contributed by atoms with Gasteiger partial charge in [0.2, 0.25) is 0 Å². The molecule has 0 aromatic heterocycles. The fourth-order valence-electron chi connectivity index (χ4n) is 32.3. The van der Waals surface area contributed by atoms with Gasteiger partial charge >= 0.3 is 74.1 Å². The van der Waals surface area contributed by atoms with Crippen molar-refractivity contribution in [3.8, 4) is 0 Å². The van der Waals surface area contributed by atoms with Gasteiger partial charge in [-0.25, -0.2) is 0 Å². The van der Waals surface area contributed by atoms with E-state index in [2.05, 4.69) is 0 Å². The first-order valence-corrected chi connectivity index (χ1v) is 32.3. The van der Waals surface area contributed by atoms with Gasteiger partial charge < -0.3 is 0 Å². The van der Waals surface area contributed by atoms with E-state index in [1.54, 1.807) is 0 Å². The van der Waals surface area contributed by atoms with Gasteiger partial charge in [0.05, 0.1) is 0 Å². The van der Waals surface area contributed by atoms with Crippen molar-refractivity contribution in [1.82, 2.24) is 0 Å². The summed E-state index contributed by atoms with van der Waals surface area (Å²) >= 11 is 0. The van der Waals surface area contributed by atoms with Crippen LogP contribution in [0.5, 0.6) is 0 Å². The van der Waals surface area contributed by atoms with Gasteiger partial charge in [-0.1, -0.05) is 0 Å². The third kappa shape index (κ3) is 3.19. The summed E-state index contributed by atoms with van der Waals surface area (Å²) in [6.45, 7) is 0. The minimum atomic E-state index is -7.67. The fraction of sp³-hybridized carbons (Fsp3) is 0.333. The highest BCUT2D eigenvalue weighted by Gasteiger charge is 3.04. The smallest absolute Gasteiger partial charge is 0.169 e. The summed E-state index contributed by atoms with van der Waals surface area (Å²) in [6.07, 6.45) is -90.7. The molecule has 24 aliphatic rings. The quantitative estimate of drug-likeness (QED) is 0.105. The number of halogens is 36. The van der Waals surface area contributed by atoms with Crippen molar-refractivity contribution in [2.24, 2.45) is 0 Å². The molecule has 0 amide bonds. The van der Waals surface area contributed by atoms with Gasteiger partial charge in [0.25, 0.3) is 0 Å². The molecule has 0 nitrogen and oxygen atoms in total. The average molecular weight is 1550 g/mol. The normalized spacial score (nSPS) is 37.7. The highest BCUT2D eigenvalue weighted by Crippen LogP contribution is 3.04. The monoisotopic (exact) mass is 1550 g/mol. The van der Waals surface area contributed by atoms with Crippen LogP contribution in [0, 0.1) is 0 Å². The van der Waals surface area contributed by atoms with E-state index in [0.29, 0.717) is 0 Å². The molecule has 8 aromatic carbocycles. The summed E-state index contributed by atoms with van der Waals surface area (Å²) in [4.78, 5) is 0. The molecule has 0 saturated heterocycles. The second-order valence-corrected chi connectivity index (χ2v) is 33.0. The summed E-state index contributed by atoms with van der Waals surface area (Å²) in [5.74, 6) is 0. The number of benzene rings is 8. The number of hydrogen-bond acceptors (Lipinski definition) is 0. The van der Waals surface area contributed by atoms with Crippen molar-refractivity contribution in [1.29, 1.82) is 0 Å². The molecule has 0 aliphatic heterocycles. The first kappa shape index (κ1) is 57.3. The van der Waals surface area contributed by atoms with Crippen molar-refractivity contribution in [3.05, 3.63) is 167 Å². The fourth-order valence-corrected chi connectivity index (χ4v) is 32.3. The first-order valence-electron chi connectivity index (χ1n) is 32.3. The molecule has 0 radical (unpaired) electrons. The maximum atomic E-state index is 19.5. The Labute approximate surface area is 560 Å². The van der Waals surface area contributed by atoms with Crippen LogP contribution in [0.4, 0.5) is 158 Å². The Balaban J connectivity index is 1.13. The van der Waals surface area contributed by atoms with E-state index < -0.39 is 404 Å². The highest BCUT2D eigenvalue weighted by molar-refractivity contribution is 6.48. The Morgan fingerprint density at radius 2 is 0.204 bits per heavy atom. The van der Waals surface area contributed by atoms with E-state index in [4.69, 9.17) is 0 Å². The molecular formula is C72F36. The Bertz CT molecular complexity index is 6160. The van der Waals surface area contributed by atoms with Crippen LogP contribution in [0.3, 0.4) is 0 Å². The van der Waals surface area contributed by atoms with E-state index in [9.17, 15) is 0 Å². The van der Waals surface area contributed by atoms with E-state index in [1.165, 1.54) is 0 Å². The topological polar surface area (TPSA) is 0 Å². The zero-order chi connectivity index (χ0) is 75.7. The van der Waals surface area contributed by atoms with Gasteiger partial charge in [0, 0.05) is 0 Å². The van der Waals surface area contributed by atoms with E-state index in [-0.39, 0.29) is 0 Å². The molecule has 36 heteroatoms. The molecule has 0 spiro atoms. The lowest BCUT2D eigenvalue weighted by Crippen LogP contribution is -2.66. The number of rotatable bonds is 0. The van der Waals surface area contributed by atoms with Gasteiger partial charge in [0.15, 0.2) is 0 Å². The van der Waals surface area contributed by atoms with Gasteiger partial charge in [-0.15, -0.1) is 0 Å². The van der Waals surface area contributed by atoms with Gasteiger partial charge in [-0.05, 0) is 265 Å². The maximum absolute atomic E-state index is 19.5. The van der Waals surface area contributed by atoms with Crippen LogP contribution in [-0.4, -0.2) is 74.1 Å². The van der Waals surface area contributed by atoms with Gasteiger partial charge in [-0.2, -0.15) is 158 Å². The molecule has 0 fully saturated rings. The molecule has 540 valence electrons. The zero-order valence-electron chi connectivity index (χ0n) is 49.6. The molecule has 24 aliphatic carbocycles. The van der Waals surface area contributed by atoms with Crippen LogP contribution in [-0.2, 0) is 65.0 Å². The number of allylic oxidation sites excluding steroid dienone is 12. The van der Waals surface area contributed by atoms with E-state index in [1.807, 2.05) is 0 Å². The Hall–Kier alpha value is -8.76. The van der Waals surface area contributed by atoms with Crippen molar-refractivity contribution in [2.75, 3.05) is 0 Å². The molecule has 0 bridgehead atoms. The number of alkyl halides is 36. The summed E-state index contributed by atoms with van der Waals surface area (Å²) in [5, 5.41) is -28.6. The van der Waals surface area contributed by atoms with E-state index in [0.717, 1.165) is 0 Å². The largest absolute Gasteiger partial charge is 0.406 e. The molecule has 8 aromatic rings. The molecule has 32 rings (SSSR count). The SMILES string of the molecule is FC(F)(F)C12C3=C4C5(C(F)(F)F)C6=C7C8(C(F)(F)F)C9=C%10C%11(C(F)(F)F)C%12=C%13C%14(C(F)(F)F)C%15=C%16C%17(C(F)(F)F)C(=C1C1(C(F)(F)F)c%18c3c5c3c5c%18c%18c1c%17c%15c1c%18c%15c(c%11c9c(c5%15)C73C(F)(F)F)C%131C(F)(F)F)c1c2c2c3c5c1C%16(C(F)(F)F)c1c%14c%12c7c(c15)c1c(c8c6c(c31)C42C(F)(F)F)C%107C(F)(F)F. The predicted molar refractivity (Wildman–Crippen MR) is 287 cm³/mol. The Morgan fingerprint density at radius 3 is 0.296 bits per heavy atom. The van der Waals surface area contributed by atoms with Crippen LogP contribution in [0.15, 0.2) is 33.4 Å². The average Bonchev–Trinajstić information content (AvgIpc) is 1.35. The molecule has 0 N–H and O–H groups in total. The number of hydrogen-bond donors (Lipinski definition) is 0. The standard InChI is InChI=1S/C72F36/c73-61(74,75)49-19-1-7-2-9-3-8(1)26-31-13(19)37-44-52(64(82,83)84)23-5-10-4-11-6-12(5)29-35-17(23)41(55(31,44)67(91,92)93)45-50(26,62(76,77)78)20(3)15-33-27(9)51(63(79,80)81)21(2)14-32(25(7)49)56(68(94,95)96)38-16(34(28(10)52)57(37,43(38)49)69(97,98)99)22(4)53(65(85,86)87)30(11)36-18-24(6)54(29,66(88,89)90)48(40(15)58(35,45)70(100,101)102)59(33,71(103,104)105)42(18)46(51)60(36,72(106,107)108)39(14)47(53)56. The highest BCUT2D eigenvalue weighted by atomic mass is 19.5. The molecule has 12 unspecified atom stereocenters. The lowest BCUT2D eigenvalue weighted by Gasteiger charge is -2.59. The van der Waals surface area contributed by atoms with E-state index >= 15 is 158 Å². The molecule has 0 saturated carbocycles. The van der Waals surface area contributed by atoms with Gasteiger partial charge in [-0.3, -0.25) is 0 Å². The first-order chi connectivity index (χ1) is 49.4. The van der Waals surface area contributed by atoms with Crippen molar-refractivity contribution in [2.45, 2.75) is 139 Å². The van der Waals surface area contributed by atoms with Gasteiger partial charge in [0.1, 0.15) is 65.0 Å². The van der Waals surface area contributed by atoms with Crippen LogP contribution in [0.2, 0.25) is 0 Å². The van der Waals surface area contributed by atoms with Crippen LogP contribution in [0.1, 0.15) is 134 Å². The third-order valence-corrected chi connectivity index (χ3v) is 32.1. The van der Waals surface area contributed by atoms with Crippen molar-refractivity contribution < 1.29 is 158 Å². The molecule has 108 heavy (non-hydrogen) atoms. The minimum Gasteiger partial charge on any atom is -0.169 e. The van der Waals surface area contributed by atoms with Crippen molar-refractivity contribution in [3.63, 3.8) is 0 Å². The Kier molecular flexibility index (Phi) is 6.33. The summed E-state index contributed by atoms with van der Waals surface area (Å²) in [7, 11) is 0. The van der Waals surface area contributed by atoms with Crippen molar-refractivity contribution >= 4 is 98.1 Å². The maximum Gasteiger partial charge on any atom is 0.406 e. The minimum absolute atomic E-state index is 2.33. The summed E-state index contributed by atoms with van der Waals surface area (Å²) in [5.41, 5.74) is -183. The van der Waals surface area contributed by atoms with Crippen LogP contribution >= 0.6 is 0 Å².